The van der Waals surface area contributed by atoms with Crippen molar-refractivity contribution >= 4 is 8.07 Å². The Hall–Kier alpha value is 0.431. The van der Waals surface area contributed by atoms with E-state index in [-0.39, 0.29) is 62.6 Å². The first-order valence-electron chi connectivity index (χ1n) is 9.71. The molecular weight excluding hydrogens is 439 g/mol. The summed E-state index contributed by atoms with van der Waals surface area (Å²) in [5.74, 6) is 0. The molecule has 0 amide bonds. The second-order valence-corrected chi connectivity index (χ2v) is 14.6. The maximum atomic E-state index is 6.70. The quantitative estimate of drug-likeness (QED) is 0.427. The largest absolute Gasteiger partial charge is 3.00 e. The molecule has 1 unspecified atom stereocenters. The molecule has 0 fully saturated rings. The average Bonchev–Trinajstić information content (AvgIpc) is 3.00. The van der Waals surface area contributed by atoms with Crippen molar-refractivity contribution in [1.29, 1.82) is 0 Å². The molecule has 0 bridgehead atoms. The van der Waals surface area contributed by atoms with Crippen molar-refractivity contribution in [2.45, 2.75) is 79.6 Å². The minimum absolute atomic E-state index is 0. The zero-order valence-electron chi connectivity index (χ0n) is 19.1. The molecule has 2 rings (SSSR count). The van der Waals surface area contributed by atoms with Crippen LogP contribution in [0.15, 0.2) is 40.6 Å². The summed E-state index contributed by atoms with van der Waals surface area (Å²) >= 11 is 0. The van der Waals surface area contributed by atoms with Crippen LogP contribution in [-0.2, 0) is 26.5 Å². The number of hydrogen-bond acceptors (Lipinski definition) is 1. The fourth-order valence-electron chi connectivity index (χ4n) is 4.25. The molecule has 157 valence electrons. The molecule has 0 saturated carbocycles. The van der Waals surface area contributed by atoms with E-state index in [2.05, 4.69) is 91.9 Å². The van der Waals surface area contributed by atoms with E-state index in [0.717, 1.165) is 19.4 Å². The Labute approximate surface area is 202 Å². The molecule has 0 heterocycles. The summed E-state index contributed by atoms with van der Waals surface area (Å²) in [4.78, 5) is 0. The summed E-state index contributed by atoms with van der Waals surface area (Å²) in [7, 11) is -1.92. The van der Waals surface area contributed by atoms with Gasteiger partial charge in [-0.25, -0.2) is 11.3 Å². The molecule has 0 aliphatic heterocycles. The number of halogens is 2. The van der Waals surface area contributed by atoms with Crippen LogP contribution in [0, 0.1) is 16.9 Å². The van der Waals surface area contributed by atoms with E-state index in [1.54, 1.807) is 0 Å². The Kier molecular flexibility index (Phi) is 11.6. The van der Waals surface area contributed by atoms with Crippen LogP contribution in [0.1, 0.15) is 61.3 Å². The first-order valence-corrected chi connectivity index (χ1v) is 12.7. The standard InChI is InChI=1S/C23H37OSi.2ClH.Ti/c1-10-24-23(25(8,9)19-13-11-12-14-19)16-15-18(21(2,3)4)17-20(23)22(5,6)7;;;/h11,13,15,17H,10,12,16H2,1-9H3;2*1H;/q-1;;;+3/p-2. The van der Waals surface area contributed by atoms with Crippen molar-refractivity contribution in [1.82, 2.24) is 0 Å². The van der Waals surface area contributed by atoms with Crippen molar-refractivity contribution in [2.75, 3.05) is 6.61 Å². The predicted molar refractivity (Wildman–Crippen MR) is 112 cm³/mol. The Bertz CT molecular complexity index is 648. The smallest absolute Gasteiger partial charge is 1.00 e. The summed E-state index contributed by atoms with van der Waals surface area (Å²) in [6.07, 6.45) is 15.0. The monoisotopic (exact) mass is 475 g/mol. The molecule has 0 aromatic carbocycles. The van der Waals surface area contributed by atoms with Crippen molar-refractivity contribution in [3.8, 4) is 0 Å². The third-order valence-electron chi connectivity index (χ3n) is 5.79. The van der Waals surface area contributed by atoms with E-state index in [0.29, 0.717) is 0 Å². The van der Waals surface area contributed by atoms with Crippen LogP contribution in [0.2, 0.25) is 13.1 Å². The van der Waals surface area contributed by atoms with E-state index in [4.69, 9.17) is 4.74 Å². The van der Waals surface area contributed by atoms with Gasteiger partial charge in [0.1, 0.15) is 0 Å². The molecule has 0 spiro atoms. The fraction of sp³-hybridized carbons (Fsp3) is 0.652. The first kappa shape index (κ1) is 30.6. The van der Waals surface area contributed by atoms with Crippen molar-refractivity contribution < 1.29 is 51.3 Å². The summed E-state index contributed by atoms with van der Waals surface area (Å²) in [6.45, 7) is 21.8. The topological polar surface area (TPSA) is 9.23 Å². The fourth-order valence-corrected chi connectivity index (χ4v) is 8.00. The molecule has 0 aromatic rings. The van der Waals surface area contributed by atoms with Gasteiger partial charge in [0.25, 0.3) is 0 Å². The number of rotatable bonds is 4. The van der Waals surface area contributed by atoms with Gasteiger partial charge in [-0.15, -0.1) is 6.42 Å². The minimum atomic E-state index is -1.92. The van der Waals surface area contributed by atoms with Crippen LogP contribution in [0.3, 0.4) is 0 Å². The Balaban J connectivity index is 0. The van der Waals surface area contributed by atoms with Crippen LogP contribution in [0.25, 0.3) is 0 Å². The van der Waals surface area contributed by atoms with Gasteiger partial charge in [-0.2, -0.15) is 6.08 Å². The number of allylic oxidation sites excluding steroid dienone is 6. The van der Waals surface area contributed by atoms with Crippen molar-refractivity contribution in [2.24, 2.45) is 10.8 Å². The van der Waals surface area contributed by atoms with Gasteiger partial charge in [-0.1, -0.05) is 66.8 Å². The molecule has 2 aliphatic rings. The van der Waals surface area contributed by atoms with Gasteiger partial charge in [0, 0.05) is 6.61 Å². The van der Waals surface area contributed by atoms with E-state index < -0.39 is 8.07 Å². The van der Waals surface area contributed by atoms with E-state index in [1.807, 2.05) is 0 Å². The number of hydrogen-bond donors (Lipinski definition) is 0. The molecular formula is C23H37Cl2OSiTi. The number of ether oxygens (including phenoxy) is 1. The third kappa shape index (κ3) is 5.77. The zero-order chi connectivity index (χ0) is 19.1. The van der Waals surface area contributed by atoms with Crippen LogP contribution in [0.5, 0.6) is 0 Å². The average molecular weight is 476 g/mol. The second kappa shape index (κ2) is 10.6. The Morgan fingerprint density at radius 1 is 1.07 bits per heavy atom. The van der Waals surface area contributed by atoms with Gasteiger partial charge in [-0.05, 0) is 35.3 Å². The molecule has 2 aliphatic carbocycles. The van der Waals surface area contributed by atoms with Gasteiger partial charge in [-0.3, -0.25) is 6.08 Å². The molecule has 0 saturated heterocycles. The van der Waals surface area contributed by atoms with Crippen LogP contribution in [0.4, 0.5) is 0 Å². The van der Waals surface area contributed by atoms with E-state index in [9.17, 15) is 0 Å². The summed E-state index contributed by atoms with van der Waals surface area (Å²) in [6, 6.07) is 0. The summed E-state index contributed by atoms with van der Waals surface area (Å²) < 4.78 is 6.70. The maximum absolute atomic E-state index is 6.70. The molecule has 1 atom stereocenters. The molecule has 0 N–H and O–H groups in total. The maximum Gasteiger partial charge on any atom is 3.00 e. The summed E-state index contributed by atoms with van der Waals surface area (Å²) in [5.41, 5.74) is 3.16. The Morgan fingerprint density at radius 3 is 2.04 bits per heavy atom. The first-order chi connectivity index (χ1) is 11.4. The van der Waals surface area contributed by atoms with Crippen LogP contribution >= 0.6 is 0 Å². The van der Waals surface area contributed by atoms with Gasteiger partial charge < -0.3 is 29.6 Å². The van der Waals surface area contributed by atoms with Crippen LogP contribution < -0.4 is 24.8 Å². The molecule has 1 radical (unpaired) electrons. The molecule has 28 heavy (non-hydrogen) atoms. The molecule has 1 nitrogen and oxygen atoms in total. The Morgan fingerprint density at radius 2 is 1.64 bits per heavy atom. The molecule has 5 heteroatoms. The van der Waals surface area contributed by atoms with Crippen molar-refractivity contribution in [3.05, 3.63) is 46.7 Å². The van der Waals surface area contributed by atoms with Gasteiger partial charge >= 0.3 is 21.7 Å². The van der Waals surface area contributed by atoms with Crippen molar-refractivity contribution in [3.63, 3.8) is 0 Å². The minimum Gasteiger partial charge on any atom is -1.00 e. The third-order valence-corrected chi connectivity index (χ3v) is 10.1. The van der Waals surface area contributed by atoms with Gasteiger partial charge in [0.2, 0.25) is 0 Å². The SMILES string of the molecule is CCOC1([Si](C)(C)C2=[C-]CC=C2)CC=C(C(C)(C)C)C=C1C(C)(C)C.[Cl-].[Cl-].[Ti+3]. The van der Waals surface area contributed by atoms with Crippen LogP contribution in [-0.4, -0.2) is 19.9 Å². The second-order valence-electron chi connectivity index (χ2n) is 10.0. The summed E-state index contributed by atoms with van der Waals surface area (Å²) in [5, 5.41) is 1.23. The van der Waals surface area contributed by atoms with Gasteiger partial charge in [0.15, 0.2) is 0 Å². The predicted octanol–water partition coefficient (Wildman–Crippen LogP) is 0.592. The van der Waals surface area contributed by atoms with E-state index in [1.165, 1.54) is 16.3 Å². The molecule has 0 aromatic heterocycles. The van der Waals surface area contributed by atoms with Gasteiger partial charge in [0.05, 0.1) is 13.3 Å². The van der Waals surface area contributed by atoms with E-state index >= 15 is 0 Å². The zero-order valence-corrected chi connectivity index (χ0v) is 23.2. The normalized spacial score (nSPS) is 22.2.